The second-order valence-corrected chi connectivity index (χ2v) is 10.3. The van der Waals surface area contributed by atoms with E-state index in [9.17, 15) is 4.79 Å². The van der Waals surface area contributed by atoms with E-state index in [1.807, 2.05) is 17.7 Å². The third-order valence-corrected chi connectivity index (χ3v) is 7.06. The summed E-state index contributed by atoms with van der Waals surface area (Å²) in [6, 6.07) is 18.9. The number of aromatic nitrogens is 3. The average molecular weight is 435 g/mol. The Morgan fingerprint density at radius 2 is 1.74 bits per heavy atom. The maximum Gasteiger partial charge on any atom is 0.230 e. The SMILES string of the molecule is Cn1c(SCC(=O)NCC2(c3ccccc3)CC2)nnc1-c1ccc(C(C)(C)C)cc1. The molecule has 0 atom stereocenters. The number of nitrogens with one attached hydrogen (secondary N) is 1. The van der Waals surface area contributed by atoms with Gasteiger partial charge < -0.3 is 9.88 Å². The van der Waals surface area contributed by atoms with Gasteiger partial charge in [-0.3, -0.25) is 4.79 Å². The fraction of sp³-hybridized carbons (Fsp3) is 0.400. The third kappa shape index (κ3) is 4.85. The van der Waals surface area contributed by atoms with Gasteiger partial charge in [0.05, 0.1) is 5.75 Å². The highest BCUT2D eigenvalue weighted by atomic mass is 32.2. The molecule has 162 valence electrons. The first-order chi connectivity index (χ1) is 14.8. The van der Waals surface area contributed by atoms with E-state index in [2.05, 4.69) is 84.8 Å². The average Bonchev–Trinajstić information content (AvgIpc) is 3.47. The van der Waals surface area contributed by atoms with E-state index in [1.165, 1.54) is 22.9 Å². The lowest BCUT2D eigenvalue weighted by atomic mass is 9.87. The van der Waals surface area contributed by atoms with E-state index in [0.717, 1.165) is 29.4 Å². The van der Waals surface area contributed by atoms with Crippen molar-refractivity contribution in [1.29, 1.82) is 0 Å². The van der Waals surface area contributed by atoms with Crippen molar-refractivity contribution in [3.05, 3.63) is 65.7 Å². The van der Waals surface area contributed by atoms with Crippen molar-refractivity contribution in [2.45, 2.75) is 49.6 Å². The van der Waals surface area contributed by atoms with Crippen molar-refractivity contribution in [1.82, 2.24) is 20.1 Å². The zero-order valence-corrected chi connectivity index (χ0v) is 19.5. The summed E-state index contributed by atoms with van der Waals surface area (Å²) < 4.78 is 1.95. The molecular formula is C25H30N4OS. The lowest BCUT2D eigenvalue weighted by Crippen LogP contribution is -2.33. The first-order valence-electron chi connectivity index (χ1n) is 10.7. The van der Waals surface area contributed by atoms with Gasteiger partial charge in [-0.25, -0.2) is 0 Å². The summed E-state index contributed by atoms with van der Waals surface area (Å²) in [7, 11) is 1.95. The van der Waals surface area contributed by atoms with Gasteiger partial charge in [-0.2, -0.15) is 0 Å². The summed E-state index contributed by atoms with van der Waals surface area (Å²) in [6.45, 7) is 7.31. The predicted molar refractivity (Wildman–Crippen MR) is 126 cm³/mol. The van der Waals surface area contributed by atoms with Crippen molar-refractivity contribution in [3.8, 4) is 11.4 Å². The molecule has 1 heterocycles. The molecule has 1 fully saturated rings. The molecule has 3 aromatic rings. The highest BCUT2D eigenvalue weighted by molar-refractivity contribution is 7.99. The van der Waals surface area contributed by atoms with Gasteiger partial charge in [-0.15, -0.1) is 10.2 Å². The molecule has 0 spiro atoms. The third-order valence-electron chi connectivity index (χ3n) is 6.04. The van der Waals surface area contributed by atoms with Crippen LogP contribution >= 0.6 is 11.8 Å². The zero-order valence-electron chi connectivity index (χ0n) is 18.7. The smallest absolute Gasteiger partial charge is 0.230 e. The first-order valence-corrected chi connectivity index (χ1v) is 11.7. The van der Waals surface area contributed by atoms with Crippen LogP contribution in [-0.4, -0.2) is 33.0 Å². The monoisotopic (exact) mass is 434 g/mol. The van der Waals surface area contributed by atoms with Crippen LogP contribution in [0.25, 0.3) is 11.4 Å². The van der Waals surface area contributed by atoms with Crippen LogP contribution in [0.15, 0.2) is 59.8 Å². The minimum atomic E-state index is 0.0336. The molecule has 4 rings (SSSR count). The Morgan fingerprint density at radius 3 is 2.35 bits per heavy atom. The Balaban J connectivity index is 1.33. The lowest BCUT2D eigenvalue weighted by Gasteiger charge is -2.19. The standard InChI is InChI=1S/C25H30N4OS/c1-24(2,3)19-12-10-18(11-13-19)22-27-28-23(29(22)4)31-16-21(30)26-17-25(14-15-25)20-8-6-5-7-9-20/h5-13H,14-17H2,1-4H3,(H,26,30). The van der Waals surface area contributed by atoms with Crippen molar-refractivity contribution in [2.24, 2.45) is 7.05 Å². The van der Waals surface area contributed by atoms with Gasteiger partial charge in [0, 0.05) is 24.6 Å². The van der Waals surface area contributed by atoms with Gasteiger partial charge in [0.25, 0.3) is 0 Å². The van der Waals surface area contributed by atoms with E-state index in [4.69, 9.17) is 0 Å². The van der Waals surface area contributed by atoms with Crippen LogP contribution in [0.5, 0.6) is 0 Å². The number of thioether (sulfide) groups is 1. The molecule has 1 aliphatic carbocycles. The molecular weight excluding hydrogens is 404 g/mol. The van der Waals surface area contributed by atoms with Gasteiger partial charge in [0.15, 0.2) is 11.0 Å². The minimum absolute atomic E-state index is 0.0336. The van der Waals surface area contributed by atoms with Crippen LogP contribution in [0, 0.1) is 0 Å². The molecule has 31 heavy (non-hydrogen) atoms. The van der Waals surface area contributed by atoms with Crippen molar-refractivity contribution >= 4 is 17.7 Å². The number of rotatable bonds is 7. The molecule has 6 heteroatoms. The second kappa shape index (κ2) is 8.50. The number of hydrogen-bond donors (Lipinski definition) is 1. The van der Waals surface area contributed by atoms with E-state index >= 15 is 0 Å². The summed E-state index contributed by atoms with van der Waals surface area (Å²) in [4.78, 5) is 12.5. The predicted octanol–water partition coefficient (Wildman–Crippen LogP) is 4.72. The summed E-state index contributed by atoms with van der Waals surface area (Å²) in [6.07, 6.45) is 2.26. The number of carbonyl (C=O) groups is 1. The highest BCUT2D eigenvalue weighted by Crippen LogP contribution is 2.47. The van der Waals surface area contributed by atoms with Crippen LogP contribution in [0.4, 0.5) is 0 Å². The highest BCUT2D eigenvalue weighted by Gasteiger charge is 2.44. The summed E-state index contributed by atoms with van der Waals surface area (Å²) >= 11 is 1.42. The van der Waals surface area contributed by atoms with Gasteiger partial charge in [0.1, 0.15) is 0 Å². The van der Waals surface area contributed by atoms with Gasteiger partial charge in [-0.05, 0) is 29.4 Å². The molecule has 0 bridgehead atoms. The molecule has 1 aliphatic rings. The molecule has 0 saturated heterocycles. The van der Waals surface area contributed by atoms with E-state index in [-0.39, 0.29) is 16.7 Å². The molecule has 0 unspecified atom stereocenters. The number of carbonyl (C=O) groups excluding carboxylic acids is 1. The Labute approximate surface area is 188 Å². The number of amides is 1. The van der Waals surface area contributed by atoms with Crippen molar-refractivity contribution in [2.75, 3.05) is 12.3 Å². The second-order valence-electron chi connectivity index (χ2n) is 9.40. The molecule has 1 N–H and O–H groups in total. The number of hydrogen-bond acceptors (Lipinski definition) is 4. The van der Waals surface area contributed by atoms with Crippen molar-refractivity contribution < 1.29 is 4.79 Å². The Hall–Kier alpha value is -2.60. The number of nitrogens with zero attached hydrogens (tertiary/aromatic N) is 3. The Bertz CT molecular complexity index is 1050. The normalized spacial score (nSPS) is 15.0. The molecule has 0 aliphatic heterocycles. The van der Waals surface area contributed by atoms with Crippen molar-refractivity contribution in [3.63, 3.8) is 0 Å². The van der Waals surface area contributed by atoms with Crippen LogP contribution < -0.4 is 5.32 Å². The quantitative estimate of drug-likeness (QED) is 0.547. The largest absolute Gasteiger partial charge is 0.354 e. The molecule has 1 amide bonds. The fourth-order valence-corrected chi connectivity index (χ4v) is 4.51. The van der Waals surface area contributed by atoms with Gasteiger partial charge in [0.2, 0.25) is 5.91 Å². The molecule has 2 aromatic carbocycles. The zero-order chi connectivity index (χ0) is 22.1. The molecule has 1 saturated carbocycles. The van der Waals surface area contributed by atoms with E-state index < -0.39 is 0 Å². The Kier molecular flexibility index (Phi) is 5.93. The van der Waals surface area contributed by atoms with Crippen LogP contribution in [0.2, 0.25) is 0 Å². The summed E-state index contributed by atoms with van der Waals surface area (Å²) in [5, 5.41) is 12.5. The topological polar surface area (TPSA) is 59.8 Å². The van der Waals surface area contributed by atoms with Crippen LogP contribution in [0.3, 0.4) is 0 Å². The van der Waals surface area contributed by atoms with E-state index in [0.29, 0.717) is 12.3 Å². The van der Waals surface area contributed by atoms with E-state index in [1.54, 1.807) is 0 Å². The molecule has 1 aromatic heterocycles. The minimum Gasteiger partial charge on any atom is -0.354 e. The summed E-state index contributed by atoms with van der Waals surface area (Å²) in [5.74, 6) is 1.18. The lowest BCUT2D eigenvalue weighted by molar-refractivity contribution is -0.118. The van der Waals surface area contributed by atoms with Crippen LogP contribution in [-0.2, 0) is 22.7 Å². The molecule has 5 nitrogen and oxygen atoms in total. The van der Waals surface area contributed by atoms with Crippen LogP contribution in [0.1, 0.15) is 44.7 Å². The maximum absolute atomic E-state index is 12.5. The van der Waals surface area contributed by atoms with Gasteiger partial charge in [-0.1, -0.05) is 87.1 Å². The molecule has 0 radical (unpaired) electrons. The Morgan fingerprint density at radius 1 is 1.06 bits per heavy atom. The summed E-state index contributed by atoms with van der Waals surface area (Å²) in [5.41, 5.74) is 3.87. The maximum atomic E-state index is 12.5. The number of benzene rings is 2. The van der Waals surface area contributed by atoms with Gasteiger partial charge >= 0.3 is 0 Å². The fourth-order valence-electron chi connectivity index (χ4n) is 3.77. The first kappa shape index (κ1) is 21.6.